The Hall–Kier alpha value is -11.4. The second-order valence-corrected chi connectivity index (χ2v) is 24.6. The van der Waals surface area contributed by atoms with E-state index in [1.165, 1.54) is 0 Å². The standard InChI is InChI=1S/C80H44BO12.Mg.2H/c82-73-69-53(77(90-73)45-21-1-9-37-61(45)86-62-38-10-2-22-46(62)77)29-17-33-57(69)81(58-34-18-30-54-70(58)74(83)91-78(54)47-23-3-11-39-63(47)87-64-40-12-4-24-48(64)78,59-35-19-31-55-71(59)75(84)92-79(55)49-25-5-13-41-65(49)88-66-42-14-6-26-50(66)79)60-36-20-32-56-72(60)76(85)93-80(56)51-27-7-15-43-67(51)89-68-44-16-8-28-52(68)80;;;/h1-44H;;;/q-1;+2;2*-1. The van der Waals surface area contributed by atoms with Gasteiger partial charge in [-0.15, -0.1) is 0 Å². The summed E-state index contributed by atoms with van der Waals surface area (Å²) in [6.07, 6.45) is -3.48. The van der Waals surface area contributed by atoms with Crippen molar-refractivity contribution in [1.29, 1.82) is 0 Å². The molecular formula is C80H46BMgO12-. The summed E-state index contributed by atoms with van der Waals surface area (Å²) in [6.45, 7) is 0. The quantitative estimate of drug-likeness (QED) is 0.0940. The van der Waals surface area contributed by atoms with Crippen LogP contribution in [0.1, 0.15) is 111 Å². The Morgan fingerprint density at radius 1 is 0.213 bits per heavy atom. The number of rotatable bonds is 4. The Balaban J connectivity index is 0.00000232. The second kappa shape index (κ2) is 19.1. The zero-order valence-electron chi connectivity index (χ0n) is 51.6. The molecule has 12 aromatic carbocycles. The summed E-state index contributed by atoms with van der Waals surface area (Å²) in [5.74, 6) is 0.940. The van der Waals surface area contributed by atoms with Gasteiger partial charge < -0.3 is 40.7 Å². The Labute approximate surface area is 555 Å². The van der Waals surface area contributed by atoms with Gasteiger partial charge in [-0.05, 0) is 48.5 Å². The van der Waals surface area contributed by atoms with Gasteiger partial charge in [0.1, 0.15) is 52.1 Å². The predicted molar refractivity (Wildman–Crippen MR) is 351 cm³/mol. The maximum atomic E-state index is 16.6. The molecule has 0 saturated carbocycles. The van der Waals surface area contributed by atoms with Crippen molar-refractivity contribution in [2.45, 2.75) is 22.4 Å². The van der Waals surface area contributed by atoms with Crippen LogP contribution in [-0.4, -0.2) is 53.1 Å². The molecule has 8 heterocycles. The molecule has 0 fully saturated rings. The summed E-state index contributed by atoms with van der Waals surface area (Å²) in [5.41, 5.74) is 1.66. The SMILES string of the molecule is O=C1OC2(c3ccccc3Oc3ccccc32)c2cccc([B-](c3cccc4c3C(=O)OC43c4ccccc4Oc4ccccc43)(c3cccc4c3C(=O)OC43c4ccccc4Oc4ccccc43)c3cccc4c3C(=O)OC43c4ccccc4Oc4ccccc43)c21.[H-].[H-].[Mg+2]. The van der Waals surface area contributed by atoms with Crippen molar-refractivity contribution in [3.63, 3.8) is 0 Å². The van der Waals surface area contributed by atoms with Gasteiger partial charge in [-0.25, -0.2) is 19.2 Å². The molecule has 12 aromatic rings. The van der Waals surface area contributed by atoms with Crippen molar-refractivity contribution in [2.24, 2.45) is 0 Å². The minimum absolute atomic E-state index is 0. The third-order valence-corrected chi connectivity index (χ3v) is 20.6. The van der Waals surface area contributed by atoms with Gasteiger partial charge in [0.25, 0.3) is 0 Å². The third-order valence-electron chi connectivity index (χ3n) is 20.6. The molecule has 8 aliphatic rings. The van der Waals surface area contributed by atoms with Crippen LogP contribution in [0.15, 0.2) is 267 Å². The molecule has 0 unspecified atom stereocenters. The molecule has 8 aliphatic heterocycles. The fourth-order valence-electron chi connectivity index (χ4n) is 17.2. The molecule has 4 spiro atoms. The molecule has 12 nitrogen and oxygen atoms in total. The van der Waals surface area contributed by atoms with E-state index in [4.69, 9.17) is 37.9 Å². The van der Waals surface area contributed by atoms with Crippen LogP contribution in [0.5, 0.6) is 46.0 Å². The van der Waals surface area contributed by atoms with E-state index < -0.39 is 52.4 Å². The molecule has 20 rings (SSSR count). The molecule has 94 heavy (non-hydrogen) atoms. The first-order valence-corrected chi connectivity index (χ1v) is 30.8. The monoisotopic (exact) mass is 1230 g/mol. The normalized spacial score (nSPS) is 16.7. The van der Waals surface area contributed by atoms with Crippen molar-refractivity contribution in [2.75, 3.05) is 0 Å². The number of benzene rings is 12. The molecule has 14 heteroatoms. The van der Waals surface area contributed by atoms with E-state index in [-0.39, 0.29) is 48.2 Å². The van der Waals surface area contributed by atoms with Crippen LogP contribution < -0.4 is 40.8 Å². The predicted octanol–water partition coefficient (Wildman–Crippen LogP) is 13.2. The summed E-state index contributed by atoms with van der Waals surface area (Å²) in [6, 6.07) is 82.5. The summed E-state index contributed by atoms with van der Waals surface area (Å²) >= 11 is 0. The van der Waals surface area contributed by atoms with Crippen molar-refractivity contribution in [3.8, 4) is 46.0 Å². The molecule has 0 N–H and O–H groups in total. The number of hydrogen-bond acceptors (Lipinski definition) is 12. The number of carbonyl (C=O) groups is 4. The maximum absolute atomic E-state index is 16.6. The Bertz CT molecular complexity index is 4620. The van der Waals surface area contributed by atoms with E-state index in [9.17, 15) is 0 Å². The smallest absolute Gasteiger partial charge is 1.00 e. The van der Waals surface area contributed by atoms with E-state index >= 15 is 19.2 Å². The largest absolute Gasteiger partial charge is 2.00 e. The average molecular weight is 1230 g/mol. The van der Waals surface area contributed by atoms with Crippen LogP contribution in [0.25, 0.3) is 0 Å². The fourth-order valence-corrected chi connectivity index (χ4v) is 17.2. The summed E-state index contributed by atoms with van der Waals surface area (Å²) in [4.78, 5) is 66.4. The van der Waals surface area contributed by atoms with Crippen molar-refractivity contribution in [3.05, 3.63) is 356 Å². The number of ether oxygens (including phenoxy) is 8. The van der Waals surface area contributed by atoms with Crippen LogP contribution in [0.4, 0.5) is 0 Å². The zero-order valence-corrected chi connectivity index (χ0v) is 51.0. The minimum Gasteiger partial charge on any atom is -1.00 e. The Morgan fingerprint density at radius 2 is 0.372 bits per heavy atom. The van der Waals surface area contributed by atoms with Crippen LogP contribution >= 0.6 is 0 Å². The fraction of sp³-hybridized carbons (Fsp3) is 0.0500. The van der Waals surface area contributed by atoms with Gasteiger partial charge in [0.05, 0.1) is 0 Å². The van der Waals surface area contributed by atoms with Gasteiger partial charge in [0, 0.05) is 89.0 Å². The first kappa shape index (κ1) is 54.3. The first-order valence-electron chi connectivity index (χ1n) is 30.8. The van der Waals surface area contributed by atoms with Crippen LogP contribution in [0.2, 0.25) is 0 Å². The van der Waals surface area contributed by atoms with E-state index in [0.29, 0.717) is 135 Å². The van der Waals surface area contributed by atoms with Gasteiger partial charge in [-0.1, -0.05) is 218 Å². The Kier molecular flexibility index (Phi) is 11.0. The van der Waals surface area contributed by atoms with Crippen LogP contribution in [0.3, 0.4) is 0 Å². The topological polar surface area (TPSA) is 142 Å². The minimum atomic E-state index is -3.48. The average Bonchev–Trinajstić information content (AvgIpc) is 1.44. The molecule has 0 saturated heterocycles. The van der Waals surface area contributed by atoms with Crippen LogP contribution in [0, 0.1) is 0 Å². The van der Waals surface area contributed by atoms with Crippen LogP contribution in [-0.2, 0) is 41.4 Å². The van der Waals surface area contributed by atoms with Crippen molar-refractivity contribution >= 4 is 74.9 Å². The number of para-hydroxylation sites is 8. The summed E-state index contributed by atoms with van der Waals surface area (Å²) in [5, 5.41) is 0. The van der Waals surface area contributed by atoms with E-state index in [0.717, 1.165) is 0 Å². The number of esters is 4. The molecular weight excluding hydrogens is 1190 g/mol. The summed E-state index contributed by atoms with van der Waals surface area (Å²) < 4.78 is 55.3. The molecule has 444 valence electrons. The van der Waals surface area contributed by atoms with Gasteiger partial charge >= 0.3 is 46.9 Å². The number of carbonyl (C=O) groups excluding carboxylic acids is 4. The molecule has 0 aromatic heterocycles. The van der Waals surface area contributed by atoms with E-state index in [1.807, 2.05) is 267 Å². The second-order valence-electron chi connectivity index (χ2n) is 24.6. The molecule has 0 aliphatic carbocycles. The molecule has 0 atom stereocenters. The maximum Gasteiger partial charge on any atom is 2.00 e. The Morgan fingerprint density at radius 3 is 0.553 bits per heavy atom. The van der Waals surface area contributed by atoms with Crippen molar-refractivity contribution in [1.82, 2.24) is 0 Å². The first-order chi connectivity index (χ1) is 45.7. The number of hydrogen-bond donors (Lipinski definition) is 0. The van der Waals surface area contributed by atoms with Gasteiger partial charge in [0.15, 0.2) is 22.4 Å². The third kappa shape index (κ3) is 6.48. The van der Waals surface area contributed by atoms with E-state index in [1.54, 1.807) is 0 Å². The van der Waals surface area contributed by atoms with E-state index in [2.05, 4.69) is 0 Å². The molecule has 0 amide bonds. The molecule has 0 radical (unpaired) electrons. The van der Waals surface area contributed by atoms with Gasteiger partial charge in [-0.3, -0.25) is 0 Å². The van der Waals surface area contributed by atoms with Gasteiger partial charge in [-0.2, -0.15) is 21.9 Å². The number of fused-ring (bicyclic) bond motifs is 24. The van der Waals surface area contributed by atoms with Crippen molar-refractivity contribution < 1.29 is 59.9 Å². The van der Waals surface area contributed by atoms with Gasteiger partial charge in [0.2, 0.25) is 0 Å². The summed E-state index contributed by atoms with van der Waals surface area (Å²) in [7, 11) is 0. The molecule has 0 bridgehead atoms. The zero-order chi connectivity index (χ0) is 61.7.